The Morgan fingerprint density at radius 1 is 1.26 bits per heavy atom. The van der Waals surface area contributed by atoms with Crippen molar-refractivity contribution in [2.75, 3.05) is 11.9 Å². The number of hydrogen-bond acceptors (Lipinski definition) is 4. The van der Waals surface area contributed by atoms with Crippen molar-refractivity contribution in [1.82, 2.24) is 0 Å². The lowest BCUT2D eigenvalue weighted by Crippen LogP contribution is -2.33. The third-order valence-electron chi connectivity index (χ3n) is 4.75. The van der Waals surface area contributed by atoms with Crippen molar-refractivity contribution < 1.29 is 14.9 Å². The second kappa shape index (κ2) is 6.17. The second-order valence-corrected chi connectivity index (χ2v) is 7.43. The summed E-state index contributed by atoms with van der Waals surface area (Å²) in [6.07, 6.45) is 7.68. The molecule has 1 atom stereocenters. The molecule has 0 spiro atoms. The van der Waals surface area contributed by atoms with Crippen molar-refractivity contribution in [2.45, 2.75) is 63.3 Å². The predicted octanol–water partition coefficient (Wildman–Crippen LogP) is 3.34. The summed E-state index contributed by atoms with van der Waals surface area (Å²) in [5, 5.41) is 23.9. The van der Waals surface area contributed by atoms with Crippen LogP contribution in [0.4, 0.5) is 5.69 Å². The maximum atomic E-state index is 10.4. The molecule has 1 aromatic carbocycles. The lowest BCUT2D eigenvalue weighted by Gasteiger charge is -2.30. The second-order valence-electron chi connectivity index (χ2n) is 7.43. The Hall–Kier alpha value is -1.52. The van der Waals surface area contributed by atoms with E-state index in [0.717, 1.165) is 42.7 Å². The number of rotatable bonds is 5. The molecule has 0 bridgehead atoms. The summed E-state index contributed by atoms with van der Waals surface area (Å²) in [6.45, 7) is 4.45. The van der Waals surface area contributed by atoms with Crippen LogP contribution in [-0.2, 0) is 0 Å². The Morgan fingerprint density at radius 2 is 2.00 bits per heavy atom. The molecule has 3 N–H and O–H groups in total. The van der Waals surface area contributed by atoms with Gasteiger partial charge in [-0.25, -0.2) is 0 Å². The zero-order valence-corrected chi connectivity index (χ0v) is 14.0. The van der Waals surface area contributed by atoms with Crippen LogP contribution in [0, 0.1) is 0 Å². The highest BCUT2D eigenvalue weighted by atomic mass is 16.5. The van der Waals surface area contributed by atoms with Gasteiger partial charge in [-0.05, 0) is 38.8 Å². The van der Waals surface area contributed by atoms with Gasteiger partial charge in [-0.15, -0.1) is 0 Å². The van der Waals surface area contributed by atoms with Crippen molar-refractivity contribution in [3.63, 3.8) is 0 Å². The van der Waals surface area contributed by atoms with Gasteiger partial charge < -0.3 is 20.3 Å². The van der Waals surface area contributed by atoms with Gasteiger partial charge in [0.15, 0.2) is 5.75 Å². The maximum Gasteiger partial charge on any atom is 0.150 e. The molecule has 4 heteroatoms. The summed E-state index contributed by atoms with van der Waals surface area (Å²) < 4.78 is 6.06. The predicted molar refractivity (Wildman–Crippen MR) is 92.7 cm³/mol. The lowest BCUT2D eigenvalue weighted by atomic mass is 9.94. The van der Waals surface area contributed by atoms with Crippen LogP contribution in [0.5, 0.6) is 5.75 Å². The molecule has 4 nitrogen and oxygen atoms in total. The number of benzene rings is 1. The third kappa shape index (κ3) is 3.88. The smallest absolute Gasteiger partial charge is 0.150 e. The van der Waals surface area contributed by atoms with Crippen LogP contribution in [0.3, 0.4) is 0 Å². The highest BCUT2D eigenvalue weighted by Gasteiger charge is 2.33. The van der Waals surface area contributed by atoms with Crippen molar-refractivity contribution in [2.24, 2.45) is 0 Å². The summed E-state index contributed by atoms with van der Waals surface area (Å²) in [5.41, 5.74) is 0.913. The number of para-hydroxylation sites is 1. The van der Waals surface area contributed by atoms with Crippen molar-refractivity contribution in [1.29, 1.82) is 0 Å². The van der Waals surface area contributed by atoms with E-state index in [1.54, 1.807) is 0 Å². The Kier molecular flexibility index (Phi) is 4.39. The first kappa shape index (κ1) is 16.3. The molecule has 1 aromatic rings. The van der Waals surface area contributed by atoms with E-state index in [9.17, 15) is 10.2 Å². The van der Waals surface area contributed by atoms with Gasteiger partial charge in [0.05, 0.1) is 17.4 Å². The minimum Gasteiger partial charge on any atom is -0.481 e. The summed E-state index contributed by atoms with van der Waals surface area (Å²) in [6, 6.07) is 5.96. The summed E-state index contributed by atoms with van der Waals surface area (Å²) >= 11 is 0. The minimum absolute atomic E-state index is 0.331. The van der Waals surface area contributed by atoms with E-state index in [0.29, 0.717) is 13.0 Å². The number of nitrogens with one attached hydrogen (secondary N) is 1. The summed E-state index contributed by atoms with van der Waals surface area (Å²) in [5.74, 6) is 0.826. The van der Waals surface area contributed by atoms with Crippen LogP contribution < -0.4 is 10.1 Å². The van der Waals surface area contributed by atoms with Gasteiger partial charge in [-0.1, -0.05) is 31.1 Å². The standard InChI is InChI=1S/C19H27NO3/c1-18(2)11-8-14-6-5-7-16(17(14)23-18)20-13-15(21)12-19(22)9-3-4-10-19/h5-8,11,15,20-22H,3-4,9-10,12-13H2,1-2H3. The van der Waals surface area contributed by atoms with Gasteiger partial charge in [-0.2, -0.15) is 0 Å². The molecule has 1 heterocycles. The third-order valence-corrected chi connectivity index (χ3v) is 4.75. The highest BCUT2D eigenvalue weighted by molar-refractivity contribution is 5.71. The molecule has 1 saturated carbocycles. The molecule has 1 unspecified atom stereocenters. The fourth-order valence-electron chi connectivity index (χ4n) is 3.50. The molecule has 2 aliphatic rings. The first-order valence-electron chi connectivity index (χ1n) is 8.53. The number of hydrogen-bond donors (Lipinski definition) is 3. The monoisotopic (exact) mass is 317 g/mol. The lowest BCUT2D eigenvalue weighted by molar-refractivity contribution is -0.00155. The molecular formula is C19H27NO3. The molecule has 1 aliphatic heterocycles. The van der Waals surface area contributed by atoms with E-state index in [1.165, 1.54) is 0 Å². The number of aliphatic hydroxyl groups excluding tert-OH is 1. The molecule has 0 saturated heterocycles. The molecular weight excluding hydrogens is 290 g/mol. The molecule has 126 valence electrons. The van der Waals surface area contributed by atoms with Crippen LogP contribution in [0.25, 0.3) is 6.08 Å². The van der Waals surface area contributed by atoms with Gasteiger partial charge in [0.1, 0.15) is 5.60 Å². The molecule has 3 rings (SSSR count). The molecule has 0 aromatic heterocycles. The van der Waals surface area contributed by atoms with Gasteiger partial charge in [0, 0.05) is 18.5 Å². The Bertz CT molecular complexity index is 588. The average Bonchev–Trinajstić information content (AvgIpc) is 2.90. The van der Waals surface area contributed by atoms with E-state index in [1.807, 2.05) is 38.1 Å². The number of ether oxygens (including phenoxy) is 1. The summed E-state index contributed by atoms with van der Waals surface area (Å²) in [4.78, 5) is 0. The first-order chi connectivity index (χ1) is 10.9. The number of fused-ring (bicyclic) bond motifs is 1. The van der Waals surface area contributed by atoms with E-state index in [-0.39, 0.29) is 5.60 Å². The van der Waals surface area contributed by atoms with Crippen LogP contribution >= 0.6 is 0 Å². The highest BCUT2D eigenvalue weighted by Crippen LogP contribution is 2.37. The number of anilines is 1. The minimum atomic E-state index is -0.682. The summed E-state index contributed by atoms with van der Waals surface area (Å²) in [7, 11) is 0. The van der Waals surface area contributed by atoms with Crippen LogP contribution in [0.2, 0.25) is 0 Å². The molecule has 0 amide bonds. The van der Waals surface area contributed by atoms with Crippen molar-refractivity contribution >= 4 is 11.8 Å². The van der Waals surface area contributed by atoms with E-state index < -0.39 is 11.7 Å². The zero-order chi connectivity index (χ0) is 16.5. The molecule has 1 fully saturated rings. The van der Waals surface area contributed by atoms with Gasteiger partial charge in [0.25, 0.3) is 0 Å². The van der Waals surface area contributed by atoms with Crippen molar-refractivity contribution in [3.8, 4) is 5.75 Å². The largest absolute Gasteiger partial charge is 0.481 e. The maximum absolute atomic E-state index is 10.4. The van der Waals surface area contributed by atoms with Crippen LogP contribution in [-0.4, -0.2) is 34.1 Å². The van der Waals surface area contributed by atoms with E-state index >= 15 is 0 Å². The molecule has 0 radical (unpaired) electrons. The zero-order valence-electron chi connectivity index (χ0n) is 14.0. The molecule has 1 aliphatic carbocycles. The normalized spacial score (nSPS) is 22.3. The fraction of sp³-hybridized carbons (Fsp3) is 0.579. The Morgan fingerprint density at radius 3 is 2.74 bits per heavy atom. The van der Waals surface area contributed by atoms with Gasteiger partial charge in [-0.3, -0.25) is 0 Å². The topological polar surface area (TPSA) is 61.7 Å². The van der Waals surface area contributed by atoms with Gasteiger partial charge in [0.2, 0.25) is 0 Å². The first-order valence-corrected chi connectivity index (χ1v) is 8.53. The fourth-order valence-corrected chi connectivity index (χ4v) is 3.50. The van der Waals surface area contributed by atoms with Gasteiger partial charge >= 0.3 is 0 Å². The van der Waals surface area contributed by atoms with E-state index in [2.05, 4.69) is 11.4 Å². The quantitative estimate of drug-likeness (QED) is 0.779. The van der Waals surface area contributed by atoms with Crippen LogP contribution in [0.15, 0.2) is 24.3 Å². The van der Waals surface area contributed by atoms with Crippen molar-refractivity contribution in [3.05, 3.63) is 29.8 Å². The Labute approximate surface area is 138 Å². The average molecular weight is 317 g/mol. The van der Waals surface area contributed by atoms with E-state index in [4.69, 9.17) is 4.74 Å². The molecule has 23 heavy (non-hydrogen) atoms. The SMILES string of the molecule is CC1(C)C=Cc2cccc(NCC(O)CC3(O)CCCC3)c2O1. The number of aliphatic hydroxyl groups is 2. The Balaban J connectivity index is 1.64. The van der Waals surface area contributed by atoms with Crippen LogP contribution in [0.1, 0.15) is 51.5 Å².